The Labute approximate surface area is 106 Å². The molecule has 0 bridgehead atoms. The van der Waals surface area contributed by atoms with E-state index in [9.17, 15) is 4.79 Å². The van der Waals surface area contributed by atoms with E-state index >= 15 is 0 Å². The first-order valence-electron chi connectivity index (χ1n) is 6.38. The van der Waals surface area contributed by atoms with Crippen LogP contribution in [-0.2, 0) is 0 Å². The number of aromatic nitrogens is 2. The van der Waals surface area contributed by atoms with Gasteiger partial charge in [0.25, 0.3) is 5.56 Å². The molecular weight excluding hydrogens is 230 g/mol. The first kappa shape index (κ1) is 12.9. The number of aromatic amines is 1. The van der Waals surface area contributed by atoms with Crippen molar-refractivity contribution in [1.82, 2.24) is 9.97 Å². The number of nitrogen functional groups attached to an aromatic ring is 1. The van der Waals surface area contributed by atoms with E-state index in [1.807, 2.05) is 0 Å². The van der Waals surface area contributed by atoms with E-state index in [1.54, 1.807) is 0 Å². The van der Waals surface area contributed by atoms with Gasteiger partial charge < -0.3 is 21.8 Å². The summed E-state index contributed by atoms with van der Waals surface area (Å²) in [6, 6.07) is 0. The third-order valence-electron chi connectivity index (χ3n) is 3.75. The van der Waals surface area contributed by atoms with Gasteiger partial charge in [0, 0.05) is 6.54 Å². The highest BCUT2D eigenvalue weighted by Gasteiger charge is 2.34. The van der Waals surface area contributed by atoms with Gasteiger partial charge in [-0.3, -0.25) is 4.79 Å². The van der Waals surface area contributed by atoms with Crippen molar-refractivity contribution in [1.29, 1.82) is 0 Å². The lowest BCUT2D eigenvalue weighted by atomic mass is 9.76. The molecule has 100 valence electrons. The highest BCUT2D eigenvalue weighted by molar-refractivity contribution is 5.60. The molecule has 0 aromatic carbocycles. The maximum absolute atomic E-state index is 11.4. The number of anilines is 2. The maximum atomic E-state index is 11.4. The van der Waals surface area contributed by atoms with E-state index in [2.05, 4.69) is 22.2 Å². The second-order valence-corrected chi connectivity index (χ2v) is 5.30. The largest absolute Gasteiger partial charge is 0.391 e. The van der Waals surface area contributed by atoms with E-state index in [0.717, 1.165) is 19.3 Å². The van der Waals surface area contributed by atoms with Gasteiger partial charge in [-0.1, -0.05) is 19.8 Å². The zero-order valence-corrected chi connectivity index (χ0v) is 10.7. The molecule has 0 saturated heterocycles. The van der Waals surface area contributed by atoms with Gasteiger partial charge in [0.15, 0.2) is 5.82 Å². The predicted molar refractivity (Wildman–Crippen MR) is 72.3 cm³/mol. The summed E-state index contributed by atoms with van der Waals surface area (Å²) in [5.41, 5.74) is 11.3. The van der Waals surface area contributed by atoms with Crippen molar-refractivity contribution in [2.75, 3.05) is 17.6 Å². The molecule has 6 heteroatoms. The van der Waals surface area contributed by atoms with Crippen molar-refractivity contribution in [3.8, 4) is 0 Å². The number of nitrogens with zero attached hydrogens (tertiary/aromatic N) is 1. The predicted octanol–water partition coefficient (Wildman–Crippen LogP) is 0.672. The Kier molecular flexibility index (Phi) is 3.56. The smallest absolute Gasteiger partial charge is 0.276 e. The lowest BCUT2D eigenvalue weighted by Crippen LogP contribution is -2.49. The van der Waals surface area contributed by atoms with E-state index in [-0.39, 0.29) is 16.8 Å². The van der Waals surface area contributed by atoms with E-state index < -0.39 is 0 Å². The molecule has 1 aliphatic rings. The van der Waals surface area contributed by atoms with Gasteiger partial charge in [-0.2, -0.15) is 0 Å². The molecular formula is C12H21N5O. The average molecular weight is 251 g/mol. The molecule has 1 aromatic rings. The minimum Gasteiger partial charge on any atom is -0.391 e. The molecule has 1 saturated carbocycles. The van der Waals surface area contributed by atoms with Gasteiger partial charge >= 0.3 is 0 Å². The Hall–Kier alpha value is -1.56. The third kappa shape index (κ3) is 2.48. The van der Waals surface area contributed by atoms with Crippen LogP contribution < -0.4 is 22.3 Å². The zero-order chi connectivity index (χ0) is 13.2. The number of H-pyrrole nitrogens is 1. The second-order valence-electron chi connectivity index (χ2n) is 5.30. The quantitative estimate of drug-likeness (QED) is 0.631. The summed E-state index contributed by atoms with van der Waals surface area (Å²) in [5.74, 6) is 1.07. The molecule has 1 aliphatic carbocycles. The fourth-order valence-corrected chi connectivity index (χ4v) is 2.77. The monoisotopic (exact) mass is 251 g/mol. The minimum atomic E-state index is -0.316. The van der Waals surface area contributed by atoms with Crippen molar-refractivity contribution >= 4 is 11.5 Å². The highest BCUT2D eigenvalue weighted by Crippen LogP contribution is 2.34. The molecule has 6 nitrogen and oxygen atoms in total. The van der Waals surface area contributed by atoms with E-state index in [0.29, 0.717) is 18.3 Å². The van der Waals surface area contributed by atoms with Crippen LogP contribution in [0.25, 0.3) is 0 Å². The Morgan fingerprint density at radius 2 is 2.44 bits per heavy atom. The molecule has 1 heterocycles. The summed E-state index contributed by atoms with van der Waals surface area (Å²) in [6.07, 6.45) is 5.69. The van der Waals surface area contributed by atoms with Gasteiger partial charge in [-0.15, -0.1) is 0 Å². The van der Waals surface area contributed by atoms with Crippen LogP contribution in [0, 0.1) is 5.92 Å². The van der Waals surface area contributed by atoms with Crippen molar-refractivity contribution in [2.24, 2.45) is 11.7 Å². The van der Waals surface area contributed by atoms with Crippen molar-refractivity contribution in [3.05, 3.63) is 16.7 Å². The Morgan fingerprint density at radius 1 is 1.67 bits per heavy atom. The van der Waals surface area contributed by atoms with Gasteiger partial charge in [-0.05, 0) is 18.8 Å². The van der Waals surface area contributed by atoms with Crippen LogP contribution in [-0.4, -0.2) is 22.1 Å². The molecule has 2 unspecified atom stereocenters. The second kappa shape index (κ2) is 4.97. The number of nitrogens with one attached hydrogen (secondary N) is 2. The van der Waals surface area contributed by atoms with Crippen LogP contribution in [0.3, 0.4) is 0 Å². The molecule has 18 heavy (non-hydrogen) atoms. The first-order chi connectivity index (χ1) is 8.56. The summed E-state index contributed by atoms with van der Waals surface area (Å²) in [4.78, 5) is 18.0. The van der Waals surface area contributed by atoms with E-state index in [4.69, 9.17) is 11.5 Å². The topological polar surface area (TPSA) is 110 Å². The SMILES string of the molecule is CC1CCCC(CN)(Nc2nc[nH]c(=O)c2N)C1. The van der Waals surface area contributed by atoms with Crippen LogP contribution >= 0.6 is 0 Å². The summed E-state index contributed by atoms with van der Waals surface area (Å²) in [6.45, 7) is 2.74. The number of hydrogen-bond acceptors (Lipinski definition) is 5. The lowest BCUT2D eigenvalue weighted by molar-refractivity contribution is 0.263. The maximum Gasteiger partial charge on any atom is 0.276 e. The summed E-state index contributed by atoms with van der Waals surface area (Å²) in [5, 5.41) is 3.30. The van der Waals surface area contributed by atoms with Gasteiger partial charge in [-0.25, -0.2) is 4.98 Å². The molecule has 0 aliphatic heterocycles. The van der Waals surface area contributed by atoms with Gasteiger partial charge in [0.05, 0.1) is 11.9 Å². The molecule has 6 N–H and O–H groups in total. The fraction of sp³-hybridized carbons (Fsp3) is 0.667. The molecule has 2 rings (SSSR count). The van der Waals surface area contributed by atoms with Gasteiger partial charge in [0.1, 0.15) is 5.69 Å². The van der Waals surface area contributed by atoms with Crippen molar-refractivity contribution < 1.29 is 0 Å². The summed E-state index contributed by atoms with van der Waals surface area (Å²) >= 11 is 0. The number of hydrogen-bond donors (Lipinski definition) is 4. The van der Waals surface area contributed by atoms with Crippen LogP contribution in [0.4, 0.5) is 11.5 Å². The standard InChI is InChI=1S/C12H21N5O/c1-8-3-2-4-12(5-8,6-13)17-10-9(14)11(18)16-7-15-10/h7-8H,2-6,13-14H2,1H3,(H2,15,16,17,18). The molecule has 2 atom stereocenters. The molecule has 0 amide bonds. The van der Waals surface area contributed by atoms with Crippen molar-refractivity contribution in [3.63, 3.8) is 0 Å². The van der Waals surface area contributed by atoms with Crippen LogP contribution in [0.2, 0.25) is 0 Å². The fourth-order valence-electron chi connectivity index (χ4n) is 2.77. The molecule has 1 fully saturated rings. The minimum absolute atomic E-state index is 0.128. The molecule has 0 radical (unpaired) electrons. The first-order valence-corrected chi connectivity index (χ1v) is 6.38. The number of nitrogens with two attached hydrogens (primary N) is 2. The molecule has 0 spiro atoms. The summed E-state index contributed by atoms with van der Waals surface area (Å²) in [7, 11) is 0. The van der Waals surface area contributed by atoms with Crippen molar-refractivity contribution in [2.45, 2.75) is 38.1 Å². The number of rotatable bonds is 3. The Balaban J connectivity index is 2.24. The zero-order valence-electron chi connectivity index (χ0n) is 10.7. The van der Waals surface area contributed by atoms with Gasteiger partial charge in [0.2, 0.25) is 0 Å². The molecule has 1 aromatic heterocycles. The van der Waals surface area contributed by atoms with Crippen LogP contribution in [0.1, 0.15) is 32.6 Å². The highest BCUT2D eigenvalue weighted by atomic mass is 16.1. The Morgan fingerprint density at radius 3 is 3.11 bits per heavy atom. The van der Waals surface area contributed by atoms with Crippen LogP contribution in [0.15, 0.2) is 11.1 Å². The Bertz CT molecular complexity index is 472. The van der Waals surface area contributed by atoms with Crippen LogP contribution in [0.5, 0.6) is 0 Å². The van der Waals surface area contributed by atoms with E-state index in [1.165, 1.54) is 12.7 Å². The normalized spacial score (nSPS) is 28.0. The summed E-state index contributed by atoms with van der Waals surface area (Å²) < 4.78 is 0. The third-order valence-corrected chi connectivity index (χ3v) is 3.75. The average Bonchev–Trinajstić information content (AvgIpc) is 2.35. The lowest BCUT2D eigenvalue weighted by Gasteiger charge is -2.40.